The molecule has 0 atom stereocenters. The van der Waals surface area contributed by atoms with Gasteiger partial charge in [0.25, 0.3) is 0 Å². The molecule has 0 aliphatic heterocycles. The Morgan fingerprint density at radius 2 is 1.50 bits per heavy atom. The summed E-state index contributed by atoms with van der Waals surface area (Å²) in [6.45, 7) is 3.12. The number of rotatable bonds is 4. The Morgan fingerprint density at radius 3 is 1.86 bits per heavy atom. The Balaban J connectivity index is 3.04. The zero-order valence-electron chi connectivity index (χ0n) is 8.59. The number of hydrogen-bond donors (Lipinski definition) is 3. The first kappa shape index (κ1) is 11.0. The molecule has 3 heteroatoms. The second kappa shape index (κ2) is 4.98. The van der Waals surface area contributed by atoms with Gasteiger partial charge in [-0.1, -0.05) is 17.7 Å². The fraction of sp³-hybridized carbons (Fsp3) is 0.455. The van der Waals surface area contributed by atoms with Crippen LogP contribution in [0.25, 0.3) is 0 Å². The number of phenolic OH excluding ortho intramolecular Hbond substituents is 1. The molecule has 0 heterocycles. The Hall–Kier alpha value is -1.06. The molecule has 0 saturated carbocycles. The molecule has 0 fully saturated rings. The van der Waals surface area contributed by atoms with Crippen molar-refractivity contribution in [3.8, 4) is 5.75 Å². The number of hydrogen-bond acceptors (Lipinski definition) is 3. The Kier molecular flexibility index (Phi) is 3.92. The van der Waals surface area contributed by atoms with Crippen LogP contribution in [-0.4, -0.2) is 18.2 Å². The summed E-state index contributed by atoms with van der Waals surface area (Å²) >= 11 is 0. The number of aromatic hydroxyl groups is 1. The second-order valence-electron chi connectivity index (χ2n) is 3.51. The van der Waals surface area contributed by atoms with Crippen molar-refractivity contribution in [3.63, 3.8) is 0 Å². The summed E-state index contributed by atoms with van der Waals surface area (Å²) in [4.78, 5) is 0. The molecule has 0 aliphatic rings. The van der Waals surface area contributed by atoms with Gasteiger partial charge in [-0.3, -0.25) is 0 Å². The van der Waals surface area contributed by atoms with E-state index in [0.29, 0.717) is 31.7 Å². The van der Waals surface area contributed by atoms with Gasteiger partial charge < -0.3 is 16.6 Å². The Bertz CT molecular complexity index is 283. The van der Waals surface area contributed by atoms with Crippen molar-refractivity contribution in [1.29, 1.82) is 0 Å². The largest absolute Gasteiger partial charge is 0.507 e. The lowest BCUT2D eigenvalue weighted by atomic mass is 10.0. The van der Waals surface area contributed by atoms with Crippen LogP contribution in [0.5, 0.6) is 5.75 Å². The molecule has 3 nitrogen and oxygen atoms in total. The minimum atomic E-state index is 0.367. The highest BCUT2D eigenvalue weighted by molar-refractivity contribution is 5.43. The molecule has 1 rings (SSSR count). The zero-order chi connectivity index (χ0) is 10.6. The van der Waals surface area contributed by atoms with Crippen molar-refractivity contribution in [2.45, 2.75) is 19.8 Å². The first-order valence-corrected chi connectivity index (χ1v) is 4.90. The van der Waals surface area contributed by atoms with Crippen LogP contribution in [0.3, 0.4) is 0 Å². The topological polar surface area (TPSA) is 72.3 Å². The molecule has 0 spiro atoms. The first-order valence-electron chi connectivity index (χ1n) is 4.90. The van der Waals surface area contributed by atoms with E-state index in [1.807, 2.05) is 19.1 Å². The van der Waals surface area contributed by atoms with Crippen molar-refractivity contribution in [1.82, 2.24) is 0 Å². The highest BCUT2D eigenvalue weighted by Gasteiger charge is 2.07. The van der Waals surface area contributed by atoms with Gasteiger partial charge in [-0.25, -0.2) is 0 Å². The van der Waals surface area contributed by atoms with Gasteiger partial charge in [-0.15, -0.1) is 0 Å². The van der Waals surface area contributed by atoms with Crippen LogP contribution in [-0.2, 0) is 12.8 Å². The Labute approximate surface area is 84.7 Å². The van der Waals surface area contributed by atoms with Gasteiger partial charge in [0.05, 0.1) is 0 Å². The molecule has 5 N–H and O–H groups in total. The quantitative estimate of drug-likeness (QED) is 0.660. The van der Waals surface area contributed by atoms with Crippen LogP contribution in [0.2, 0.25) is 0 Å². The van der Waals surface area contributed by atoms with Gasteiger partial charge in [-0.05, 0) is 44.0 Å². The molecule has 0 radical (unpaired) electrons. The van der Waals surface area contributed by atoms with E-state index in [2.05, 4.69) is 0 Å². The molecule has 0 amide bonds. The number of phenols is 1. The SMILES string of the molecule is Cc1cc(CCN)c(O)c(CCN)c1. The molecular weight excluding hydrogens is 176 g/mol. The van der Waals surface area contributed by atoms with E-state index in [1.165, 1.54) is 0 Å². The van der Waals surface area contributed by atoms with E-state index in [4.69, 9.17) is 11.5 Å². The van der Waals surface area contributed by atoms with E-state index in [9.17, 15) is 5.11 Å². The molecule has 1 aromatic carbocycles. The molecule has 0 saturated heterocycles. The number of aryl methyl sites for hydroxylation is 1. The molecule has 1 aromatic rings. The molecule has 0 aromatic heterocycles. The normalized spacial score (nSPS) is 10.5. The van der Waals surface area contributed by atoms with Crippen molar-refractivity contribution in [2.75, 3.05) is 13.1 Å². The van der Waals surface area contributed by atoms with Crippen LogP contribution in [0.1, 0.15) is 16.7 Å². The fourth-order valence-electron chi connectivity index (χ4n) is 1.63. The van der Waals surface area contributed by atoms with Gasteiger partial charge >= 0.3 is 0 Å². The minimum absolute atomic E-state index is 0.367. The lowest BCUT2D eigenvalue weighted by Crippen LogP contribution is -2.07. The molecule has 0 aliphatic carbocycles. The zero-order valence-corrected chi connectivity index (χ0v) is 8.59. The minimum Gasteiger partial charge on any atom is -0.507 e. The van der Waals surface area contributed by atoms with Gasteiger partial charge in [0.2, 0.25) is 0 Å². The fourth-order valence-corrected chi connectivity index (χ4v) is 1.63. The summed E-state index contributed by atoms with van der Waals surface area (Å²) < 4.78 is 0. The third kappa shape index (κ3) is 2.47. The average Bonchev–Trinajstić information content (AvgIpc) is 2.14. The summed E-state index contributed by atoms with van der Waals surface area (Å²) in [5.41, 5.74) is 13.9. The van der Waals surface area contributed by atoms with Crippen molar-refractivity contribution >= 4 is 0 Å². The predicted octanol–water partition coefficient (Wildman–Crippen LogP) is 0.703. The van der Waals surface area contributed by atoms with Gasteiger partial charge in [0, 0.05) is 0 Å². The van der Waals surface area contributed by atoms with E-state index in [-0.39, 0.29) is 0 Å². The summed E-state index contributed by atoms with van der Waals surface area (Å²) in [6.07, 6.45) is 1.43. The highest BCUT2D eigenvalue weighted by Crippen LogP contribution is 2.25. The Morgan fingerprint density at radius 1 is 1.07 bits per heavy atom. The maximum absolute atomic E-state index is 9.86. The van der Waals surface area contributed by atoms with Crippen molar-refractivity contribution < 1.29 is 5.11 Å². The average molecular weight is 194 g/mol. The summed E-state index contributed by atoms with van der Waals surface area (Å²) in [5.74, 6) is 0.367. The lowest BCUT2D eigenvalue weighted by Gasteiger charge is -2.10. The van der Waals surface area contributed by atoms with Crippen LogP contribution in [0.15, 0.2) is 12.1 Å². The number of benzene rings is 1. The molecule has 0 bridgehead atoms. The van der Waals surface area contributed by atoms with Gasteiger partial charge in [0.1, 0.15) is 5.75 Å². The summed E-state index contributed by atoms with van der Waals surface area (Å²) in [5, 5.41) is 9.86. The third-order valence-electron chi connectivity index (χ3n) is 2.24. The van der Waals surface area contributed by atoms with E-state index < -0.39 is 0 Å². The standard InChI is InChI=1S/C11H18N2O/c1-8-6-9(2-4-12)11(14)10(7-8)3-5-13/h6-7,14H,2-5,12-13H2,1H3. The third-order valence-corrected chi connectivity index (χ3v) is 2.24. The van der Waals surface area contributed by atoms with Gasteiger partial charge in [0.15, 0.2) is 0 Å². The predicted molar refractivity (Wildman–Crippen MR) is 58.4 cm³/mol. The molecule has 0 unspecified atom stereocenters. The molecule has 14 heavy (non-hydrogen) atoms. The van der Waals surface area contributed by atoms with Crippen LogP contribution in [0, 0.1) is 6.92 Å². The maximum Gasteiger partial charge on any atom is 0.122 e. The van der Waals surface area contributed by atoms with Crippen LogP contribution < -0.4 is 11.5 Å². The monoisotopic (exact) mass is 194 g/mol. The van der Waals surface area contributed by atoms with Crippen LogP contribution in [0.4, 0.5) is 0 Å². The lowest BCUT2D eigenvalue weighted by molar-refractivity contribution is 0.461. The smallest absolute Gasteiger partial charge is 0.122 e. The summed E-state index contributed by atoms with van der Waals surface area (Å²) in [6, 6.07) is 3.95. The van der Waals surface area contributed by atoms with Crippen LogP contribution >= 0.6 is 0 Å². The second-order valence-corrected chi connectivity index (χ2v) is 3.51. The summed E-state index contributed by atoms with van der Waals surface area (Å²) in [7, 11) is 0. The van der Waals surface area contributed by atoms with Crippen molar-refractivity contribution in [2.24, 2.45) is 11.5 Å². The van der Waals surface area contributed by atoms with Gasteiger partial charge in [-0.2, -0.15) is 0 Å². The van der Waals surface area contributed by atoms with E-state index in [0.717, 1.165) is 16.7 Å². The molecule has 78 valence electrons. The molecular formula is C11H18N2O. The van der Waals surface area contributed by atoms with E-state index in [1.54, 1.807) is 0 Å². The van der Waals surface area contributed by atoms with E-state index >= 15 is 0 Å². The number of nitrogens with two attached hydrogens (primary N) is 2. The highest BCUT2D eigenvalue weighted by atomic mass is 16.3. The first-order chi connectivity index (χ1) is 6.69. The van der Waals surface area contributed by atoms with Crippen molar-refractivity contribution in [3.05, 3.63) is 28.8 Å². The maximum atomic E-state index is 9.86.